The summed E-state index contributed by atoms with van der Waals surface area (Å²) in [5.74, 6) is 3.81. The minimum absolute atomic E-state index is 0.0218. The van der Waals surface area contributed by atoms with Crippen molar-refractivity contribution in [3.05, 3.63) is 0 Å². The van der Waals surface area contributed by atoms with E-state index < -0.39 is 0 Å². The number of hydrazine groups is 2. The van der Waals surface area contributed by atoms with Crippen LogP contribution in [0.4, 0.5) is 0 Å². The number of amides is 1. The molecule has 12 nitrogen and oxygen atoms in total. The summed E-state index contributed by atoms with van der Waals surface area (Å²) in [5.41, 5.74) is 16.2. The molecule has 9 aliphatic rings. The molecule has 5 aliphatic heterocycles. The van der Waals surface area contributed by atoms with Gasteiger partial charge in [0.2, 0.25) is 5.91 Å². The van der Waals surface area contributed by atoms with Gasteiger partial charge in [0.15, 0.2) is 0 Å². The Labute approximate surface area is 359 Å². The standard InChI is InChI=1S/C46H77N9O3S/c1-27-29(3)59-45-41(27)42(48-28(2)43-53-50-30(4)55(43)45)33-8-6-31(7-9-33)32-18-20-46(21-19-32)22-23-54(26-46)40-17-16-38(51-52-40)44(56)49-35-11-14-36(15-12-35)58-37-13-10-34(25-47)39(24-37)57-5/h27-41,43,45,50-53H,6-24,26H2,1-5H3,(H,49,56)/t27?,28-,29?,30?,31?,32?,33?,34?,35?,36?,37?,38?,39?,40?,41?,43?,45?,46?/m0/s1. The van der Waals surface area contributed by atoms with Crippen LogP contribution in [0.1, 0.15) is 143 Å². The lowest BCUT2D eigenvalue weighted by Crippen LogP contribution is -2.62. The third-order valence-corrected chi connectivity index (χ3v) is 19.2. The Balaban J connectivity index is 0.685. The van der Waals surface area contributed by atoms with Crippen LogP contribution in [0.2, 0.25) is 0 Å². The lowest BCUT2D eigenvalue weighted by Gasteiger charge is -2.43. The Morgan fingerprint density at radius 1 is 0.864 bits per heavy atom. The van der Waals surface area contributed by atoms with Gasteiger partial charge in [-0.3, -0.25) is 19.6 Å². The lowest BCUT2D eigenvalue weighted by molar-refractivity contribution is -0.126. The molecule has 1 amide bonds. The highest BCUT2D eigenvalue weighted by Gasteiger charge is 2.54. The molecule has 0 aromatic rings. The monoisotopic (exact) mass is 836 g/mol. The first kappa shape index (κ1) is 42.9. The van der Waals surface area contributed by atoms with Crippen molar-refractivity contribution >= 4 is 23.4 Å². The lowest BCUT2D eigenvalue weighted by atomic mass is 9.63. The molecule has 330 valence electrons. The second-order valence-corrected chi connectivity index (χ2v) is 22.4. The van der Waals surface area contributed by atoms with Crippen LogP contribution in [-0.4, -0.2) is 107 Å². The molecule has 12 atom stereocenters. The summed E-state index contributed by atoms with van der Waals surface area (Å²) in [5, 5.41) is 14.0. The SMILES string of the molecule is COC1CC(OC2CCC(NC(=O)C3CCC(N4CCC5(CCC(C6CCC(C7=N[C@@H](C)C8NNC(C)N8C8SC(C)C(C)C78)CC6)CC5)C4)NN3)CC2)CCC1C#N. The molecule has 9 rings (SSSR count). The third kappa shape index (κ3) is 8.93. The predicted octanol–water partition coefficient (Wildman–Crippen LogP) is 6.05. The number of aliphatic imine (C=N–C) groups is 1. The molecule has 11 unspecified atom stereocenters. The summed E-state index contributed by atoms with van der Waals surface area (Å²) in [6, 6.07) is 2.71. The number of rotatable bonds is 8. The summed E-state index contributed by atoms with van der Waals surface area (Å²) in [6.07, 6.45) is 22.0. The summed E-state index contributed by atoms with van der Waals surface area (Å²) < 4.78 is 12.1. The highest BCUT2D eigenvalue weighted by Crippen LogP contribution is 2.53. The van der Waals surface area contributed by atoms with E-state index in [0.717, 1.165) is 69.6 Å². The van der Waals surface area contributed by atoms with Gasteiger partial charge in [0.05, 0.1) is 60.2 Å². The molecular weight excluding hydrogens is 759 g/mol. The number of ether oxygens (including phenoxy) is 2. The van der Waals surface area contributed by atoms with Crippen LogP contribution in [0.25, 0.3) is 0 Å². The molecule has 13 heteroatoms. The van der Waals surface area contributed by atoms with Gasteiger partial charge in [0.1, 0.15) is 6.04 Å². The van der Waals surface area contributed by atoms with Gasteiger partial charge in [0.25, 0.3) is 0 Å². The van der Waals surface area contributed by atoms with Crippen LogP contribution in [0, 0.1) is 52.3 Å². The van der Waals surface area contributed by atoms with Crippen LogP contribution >= 0.6 is 11.8 Å². The highest BCUT2D eigenvalue weighted by molar-refractivity contribution is 8.00. The fourth-order valence-corrected chi connectivity index (χ4v) is 15.6. The van der Waals surface area contributed by atoms with Gasteiger partial charge >= 0.3 is 0 Å². The summed E-state index contributed by atoms with van der Waals surface area (Å²) in [6.45, 7) is 12.0. The van der Waals surface area contributed by atoms with E-state index >= 15 is 0 Å². The van der Waals surface area contributed by atoms with Gasteiger partial charge in [-0.1, -0.05) is 13.8 Å². The van der Waals surface area contributed by atoms with Crippen molar-refractivity contribution in [3.63, 3.8) is 0 Å². The molecule has 0 radical (unpaired) electrons. The topological polar surface area (TPSA) is 138 Å². The predicted molar refractivity (Wildman–Crippen MR) is 234 cm³/mol. The Morgan fingerprint density at radius 2 is 1.61 bits per heavy atom. The second-order valence-electron chi connectivity index (χ2n) is 20.9. The Kier molecular flexibility index (Phi) is 13.4. The Bertz CT molecular complexity index is 1510. The number of carbonyl (C=O) groups is 1. The number of methoxy groups -OCH3 is 1. The van der Waals surface area contributed by atoms with E-state index in [2.05, 4.69) is 82.3 Å². The number of nitriles is 1. The second kappa shape index (κ2) is 18.4. The average Bonchev–Trinajstić information content (AvgIpc) is 3.92. The average molecular weight is 836 g/mol. The zero-order valence-corrected chi connectivity index (χ0v) is 37.7. The van der Waals surface area contributed by atoms with Crippen LogP contribution in [-0.2, 0) is 14.3 Å². The Morgan fingerprint density at radius 3 is 2.32 bits per heavy atom. The summed E-state index contributed by atoms with van der Waals surface area (Å²) in [7, 11) is 1.71. The van der Waals surface area contributed by atoms with Gasteiger partial charge in [-0.25, -0.2) is 21.7 Å². The van der Waals surface area contributed by atoms with Crippen molar-refractivity contribution in [2.75, 3.05) is 20.2 Å². The number of nitrogens with zero attached hydrogens (tertiary/aromatic N) is 4. The van der Waals surface area contributed by atoms with Gasteiger partial charge < -0.3 is 14.8 Å². The molecule has 0 bridgehead atoms. The van der Waals surface area contributed by atoms with Crippen molar-refractivity contribution in [1.82, 2.24) is 36.8 Å². The van der Waals surface area contributed by atoms with Gasteiger partial charge in [-0.15, -0.1) is 11.8 Å². The molecule has 4 aliphatic carbocycles. The maximum atomic E-state index is 13.4. The molecule has 0 aromatic heterocycles. The van der Waals surface area contributed by atoms with Crippen LogP contribution < -0.4 is 27.0 Å². The van der Waals surface area contributed by atoms with Gasteiger partial charge in [0, 0.05) is 49.5 Å². The minimum Gasteiger partial charge on any atom is -0.380 e. The highest BCUT2D eigenvalue weighted by atomic mass is 32.2. The fourth-order valence-electron chi connectivity index (χ4n) is 13.7. The summed E-state index contributed by atoms with van der Waals surface area (Å²) in [4.78, 5) is 24.4. The first-order chi connectivity index (χ1) is 28.6. The maximum absolute atomic E-state index is 13.4. The smallest absolute Gasteiger partial charge is 0.238 e. The normalized spacial score (nSPS) is 48.5. The zero-order valence-electron chi connectivity index (χ0n) is 36.9. The molecule has 5 heterocycles. The molecule has 4 saturated carbocycles. The first-order valence-electron chi connectivity index (χ1n) is 24.3. The molecule has 8 fully saturated rings. The van der Waals surface area contributed by atoms with Crippen molar-refractivity contribution in [2.24, 2.45) is 45.9 Å². The fraction of sp³-hybridized carbons (Fsp3) is 0.935. The van der Waals surface area contributed by atoms with E-state index in [1.807, 2.05) is 0 Å². The number of likely N-dealkylation sites (tertiary alicyclic amines) is 1. The Hall–Kier alpha value is -1.34. The first-order valence-corrected chi connectivity index (χ1v) is 25.2. The number of hydrogen-bond donors (Lipinski definition) is 5. The number of carbonyl (C=O) groups excluding carboxylic acids is 1. The zero-order chi connectivity index (χ0) is 40.8. The van der Waals surface area contributed by atoms with Gasteiger partial charge in [-0.05, 0) is 152 Å². The number of thioether (sulfide) groups is 1. The largest absolute Gasteiger partial charge is 0.380 e. The third-order valence-electron chi connectivity index (χ3n) is 17.6. The van der Waals surface area contributed by atoms with Gasteiger partial charge in [-0.2, -0.15) is 5.26 Å². The van der Waals surface area contributed by atoms with E-state index in [9.17, 15) is 10.1 Å². The van der Waals surface area contributed by atoms with Crippen molar-refractivity contribution in [1.29, 1.82) is 5.26 Å². The van der Waals surface area contributed by atoms with Crippen molar-refractivity contribution in [2.45, 2.75) is 209 Å². The number of hydrogen-bond acceptors (Lipinski definition) is 12. The molecular formula is C46H77N9O3S. The molecule has 0 aromatic carbocycles. The molecule has 4 saturated heterocycles. The van der Waals surface area contributed by atoms with Crippen LogP contribution in [0.5, 0.6) is 0 Å². The van der Waals surface area contributed by atoms with E-state index in [-0.39, 0.29) is 54.4 Å². The van der Waals surface area contributed by atoms with Crippen molar-refractivity contribution in [3.8, 4) is 6.07 Å². The van der Waals surface area contributed by atoms with Crippen molar-refractivity contribution < 1.29 is 14.3 Å². The summed E-state index contributed by atoms with van der Waals surface area (Å²) >= 11 is 2.20. The number of nitrogens with one attached hydrogen (secondary N) is 5. The van der Waals surface area contributed by atoms with E-state index in [1.165, 1.54) is 70.9 Å². The van der Waals surface area contributed by atoms with E-state index in [4.69, 9.17) is 14.5 Å². The maximum Gasteiger partial charge on any atom is 0.238 e. The van der Waals surface area contributed by atoms with Crippen LogP contribution in [0.3, 0.4) is 0 Å². The molecule has 5 N–H and O–H groups in total. The minimum atomic E-state index is -0.178. The van der Waals surface area contributed by atoms with E-state index in [1.54, 1.807) is 12.8 Å². The number of fused-ring (bicyclic) bond motifs is 3. The molecule has 1 spiro atoms. The van der Waals surface area contributed by atoms with Crippen LogP contribution in [0.15, 0.2) is 4.99 Å². The molecule has 59 heavy (non-hydrogen) atoms. The quantitative estimate of drug-likeness (QED) is 0.196. The van der Waals surface area contributed by atoms with E-state index in [0.29, 0.717) is 46.1 Å².